The van der Waals surface area contributed by atoms with Gasteiger partial charge in [0.2, 0.25) is 0 Å². The van der Waals surface area contributed by atoms with Crippen LogP contribution in [0.4, 0.5) is 0 Å². The standard InChI is InChI=1S/C23H25ClO3/c1-4-21-20(15-9-11-18(24)12-10-15)13-19(14(2)3)22(27-21)16-5-7-17(8-6-16)23(25)26/h5-12,19-22H,2,4,13H2,1,3H3,(H,25,26)/t19-,20-,21+,22-/m1/s1. The third-order valence-electron chi connectivity index (χ3n) is 5.46. The first-order valence-electron chi connectivity index (χ1n) is 9.30. The number of carboxylic acids is 1. The molecule has 0 spiro atoms. The van der Waals surface area contributed by atoms with Crippen molar-refractivity contribution in [3.63, 3.8) is 0 Å². The molecule has 1 heterocycles. The van der Waals surface area contributed by atoms with Gasteiger partial charge in [-0.25, -0.2) is 4.79 Å². The zero-order valence-electron chi connectivity index (χ0n) is 15.7. The topological polar surface area (TPSA) is 46.5 Å². The van der Waals surface area contributed by atoms with Crippen LogP contribution in [0.15, 0.2) is 60.7 Å². The lowest BCUT2D eigenvalue weighted by atomic mass is 9.75. The van der Waals surface area contributed by atoms with Gasteiger partial charge < -0.3 is 9.84 Å². The molecule has 4 atom stereocenters. The maximum atomic E-state index is 11.1. The Morgan fingerprint density at radius 3 is 2.26 bits per heavy atom. The van der Waals surface area contributed by atoms with Crippen LogP contribution in [0.5, 0.6) is 0 Å². The SMILES string of the molecule is C=C(C)[C@H]1C[C@H](c2ccc(Cl)cc2)[C@H](CC)O[C@@H]1c1ccc(C(=O)O)cc1. The molecule has 1 aliphatic heterocycles. The number of benzene rings is 2. The summed E-state index contributed by atoms with van der Waals surface area (Å²) in [5, 5.41) is 9.86. The molecule has 1 fully saturated rings. The summed E-state index contributed by atoms with van der Waals surface area (Å²) >= 11 is 6.05. The second-order valence-electron chi connectivity index (χ2n) is 7.28. The monoisotopic (exact) mass is 384 g/mol. The first-order valence-corrected chi connectivity index (χ1v) is 9.68. The number of rotatable bonds is 5. The largest absolute Gasteiger partial charge is 0.478 e. The van der Waals surface area contributed by atoms with Crippen molar-refractivity contribution >= 4 is 17.6 Å². The van der Waals surface area contributed by atoms with Gasteiger partial charge in [-0.1, -0.05) is 54.9 Å². The third kappa shape index (κ3) is 4.26. The fourth-order valence-electron chi connectivity index (χ4n) is 3.95. The molecule has 0 aliphatic carbocycles. The third-order valence-corrected chi connectivity index (χ3v) is 5.72. The molecule has 2 aromatic rings. The summed E-state index contributed by atoms with van der Waals surface area (Å²) in [5.41, 5.74) is 3.60. The first kappa shape index (κ1) is 19.7. The van der Waals surface area contributed by atoms with Crippen LogP contribution in [-0.4, -0.2) is 17.2 Å². The summed E-state index contributed by atoms with van der Waals surface area (Å²) in [4.78, 5) is 11.1. The van der Waals surface area contributed by atoms with E-state index < -0.39 is 5.97 Å². The van der Waals surface area contributed by atoms with Crippen molar-refractivity contribution < 1.29 is 14.6 Å². The van der Waals surface area contributed by atoms with Crippen molar-refractivity contribution in [2.75, 3.05) is 0 Å². The molecule has 0 unspecified atom stereocenters. The van der Waals surface area contributed by atoms with Crippen LogP contribution in [0.1, 0.15) is 60.2 Å². The van der Waals surface area contributed by atoms with Crippen LogP contribution < -0.4 is 0 Å². The molecule has 1 aliphatic rings. The molecule has 0 amide bonds. The Bertz CT molecular complexity index is 811. The number of ether oxygens (including phenoxy) is 1. The van der Waals surface area contributed by atoms with Gasteiger partial charge >= 0.3 is 5.97 Å². The second-order valence-corrected chi connectivity index (χ2v) is 7.71. The Hall–Kier alpha value is -2.10. The fourth-order valence-corrected chi connectivity index (χ4v) is 4.08. The Morgan fingerprint density at radius 1 is 1.15 bits per heavy atom. The quantitative estimate of drug-likeness (QED) is 0.619. The van der Waals surface area contributed by atoms with Gasteiger partial charge in [0, 0.05) is 16.9 Å². The van der Waals surface area contributed by atoms with E-state index in [-0.39, 0.29) is 29.6 Å². The van der Waals surface area contributed by atoms with Crippen molar-refractivity contribution in [2.24, 2.45) is 5.92 Å². The fraction of sp³-hybridized carbons (Fsp3) is 0.348. The van der Waals surface area contributed by atoms with Crippen LogP contribution in [0.3, 0.4) is 0 Å². The van der Waals surface area contributed by atoms with E-state index in [0.29, 0.717) is 0 Å². The molecule has 3 nitrogen and oxygen atoms in total. The molecule has 27 heavy (non-hydrogen) atoms. The maximum absolute atomic E-state index is 11.1. The van der Waals surface area contributed by atoms with Crippen LogP contribution in [0.25, 0.3) is 0 Å². The minimum absolute atomic E-state index is 0.0888. The van der Waals surface area contributed by atoms with Gasteiger partial charge in [0.05, 0.1) is 17.8 Å². The number of aromatic carboxylic acids is 1. The zero-order chi connectivity index (χ0) is 19.6. The summed E-state index contributed by atoms with van der Waals surface area (Å²) in [7, 11) is 0. The van der Waals surface area contributed by atoms with E-state index in [4.69, 9.17) is 21.4 Å². The minimum Gasteiger partial charge on any atom is -0.478 e. The number of carbonyl (C=O) groups is 1. The lowest BCUT2D eigenvalue weighted by Gasteiger charge is -2.42. The Morgan fingerprint density at radius 2 is 1.74 bits per heavy atom. The molecule has 2 aromatic carbocycles. The Kier molecular flexibility index (Phi) is 6.03. The summed E-state index contributed by atoms with van der Waals surface area (Å²) in [5.74, 6) is -0.468. The van der Waals surface area contributed by atoms with Crippen molar-refractivity contribution in [2.45, 2.75) is 44.8 Å². The van der Waals surface area contributed by atoms with Gasteiger partial charge in [-0.15, -0.1) is 0 Å². The smallest absolute Gasteiger partial charge is 0.335 e. The number of halogens is 1. The van der Waals surface area contributed by atoms with E-state index in [2.05, 4.69) is 25.6 Å². The van der Waals surface area contributed by atoms with E-state index in [9.17, 15) is 4.79 Å². The van der Waals surface area contributed by atoms with Crippen LogP contribution >= 0.6 is 11.6 Å². The molecule has 0 radical (unpaired) electrons. The number of carboxylic acid groups (broad SMARTS) is 1. The highest BCUT2D eigenvalue weighted by atomic mass is 35.5. The van der Waals surface area contributed by atoms with Crippen molar-refractivity contribution in [3.05, 3.63) is 82.4 Å². The van der Waals surface area contributed by atoms with E-state index in [1.807, 2.05) is 31.2 Å². The van der Waals surface area contributed by atoms with E-state index in [0.717, 1.165) is 29.0 Å². The van der Waals surface area contributed by atoms with Crippen LogP contribution in [0, 0.1) is 5.92 Å². The lowest BCUT2D eigenvalue weighted by Crippen LogP contribution is -2.35. The second kappa shape index (κ2) is 8.28. The molecule has 0 saturated carbocycles. The normalized spacial score (nSPS) is 25.1. The molecular weight excluding hydrogens is 360 g/mol. The van der Waals surface area contributed by atoms with Crippen molar-refractivity contribution in [3.8, 4) is 0 Å². The molecule has 0 aromatic heterocycles. The predicted molar refractivity (Wildman–Crippen MR) is 108 cm³/mol. The average molecular weight is 385 g/mol. The van der Waals surface area contributed by atoms with Gasteiger partial charge in [-0.3, -0.25) is 0 Å². The van der Waals surface area contributed by atoms with Gasteiger partial charge in [-0.05, 0) is 55.2 Å². The van der Waals surface area contributed by atoms with Crippen LogP contribution in [-0.2, 0) is 4.74 Å². The Labute approximate surface area is 165 Å². The summed E-state index contributed by atoms with van der Waals surface area (Å²) < 4.78 is 6.55. The van der Waals surface area contributed by atoms with E-state index in [1.54, 1.807) is 12.1 Å². The van der Waals surface area contributed by atoms with Gasteiger partial charge in [0.25, 0.3) is 0 Å². The van der Waals surface area contributed by atoms with Gasteiger partial charge in [0.15, 0.2) is 0 Å². The van der Waals surface area contributed by atoms with Gasteiger partial charge in [-0.2, -0.15) is 0 Å². The lowest BCUT2D eigenvalue weighted by molar-refractivity contribution is -0.0902. The zero-order valence-corrected chi connectivity index (χ0v) is 16.4. The van der Waals surface area contributed by atoms with Crippen molar-refractivity contribution in [1.82, 2.24) is 0 Å². The summed E-state index contributed by atoms with van der Waals surface area (Å²) in [6.07, 6.45) is 1.82. The molecule has 142 valence electrons. The Balaban J connectivity index is 1.91. The van der Waals surface area contributed by atoms with Gasteiger partial charge in [0.1, 0.15) is 0 Å². The predicted octanol–water partition coefficient (Wildman–Crippen LogP) is 6.25. The highest BCUT2D eigenvalue weighted by molar-refractivity contribution is 6.30. The maximum Gasteiger partial charge on any atom is 0.335 e. The average Bonchev–Trinajstić information content (AvgIpc) is 2.67. The molecule has 1 saturated heterocycles. The number of hydrogen-bond donors (Lipinski definition) is 1. The summed E-state index contributed by atoms with van der Waals surface area (Å²) in [6, 6.07) is 15.0. The summed E-state index contributed by atoms with van der Waals surface area (Å²) in [6.45, 7) is 8.38. The molecule has 0 bridgehead atoms. The minimum atomic E-state index is -0.920. The molecule has 4 heteroatoms. The van der Waals surface area contributed by atoms with Crippen LogP contribution in [0.2, 0.25) is 5.02 Å². The number of hydrogen-bond acceptors (Lipinski definition) is 2. The highest BCUT2D eigenvalue weighted by Gasteiger charge is 2.39. The molecule has 1 N–H and O–H groups in total. The molecular formula is C23H25ClO3. The first-order chi connectivity index (χ1) is 12.9. The molecule has 3 rings (SSSR count). The van der Waals surface area contributed by atoms with E-state index >= 15 is 0 Å². The highest BCUT2D eigenvalue weighted by Crippen LogP contribution is 2.47. The van der Waals surface area contributed by atoms with Crippen molar-refractivity contribution in [1.29, 1.82) is 0 Å². The van der Waals surface area contributed by atoms with E-state index in [1.165, 1.54) is 5.56 Å².